The topological polar surface area (TPSA) is 70.9 Å². The monoisotopic (exact) mass is 333 g/mol. The van der Waals surface area contributed by atoms with E-state index in [2.05, 4.69) is 13.4 Å². The van der Waals surface area contributed by atoms with Crippen LogP contribution in [-0.2, 0) is 21.4 Å². The Bertz CT molecular complexity index is 684. The Labute approximate surface area is 127 Å². The van der Waals surface area contributed by atoms with Crippen molar-refractivity contribution < 1.29 is 8.42 Å². The smallest absolute Gasteiger partial charge is 0.207 e. The van der Waals surface area contributed by atoms with E-state index in [4.69, 9.17) is 11.6 Å². The highest BCUT2D eigenvalue weighted by molar-refractivity contribution is 7.89. The molecule has 1 heterocycles. The summed E-state index contributed by atoms with van der Waals surface area (Å²) in [5, 5.41) is 0. The lowest BCUT2D eigenvalue weighted by Crippen LogP contribution is -2.45. The van der Waals surface area contributed by atoms with Gasteiger partial charge in [0.2, 0.25) is 10.0 Å². The van der Waals surface area contributed by atoms with Gasteiger partial charge >= 0.3 is 0 Å². The largest absolute Gasteiger partial charge is 0.243 e. The van der Waals surface area contributed by atoms with E-state index >= 15 is 0 Å². The molecule has 0 spiro atoms. The number of hydrogen-bond donors (Lipinski definition) is 1. The lowest BCUT2D eigenvalue weighted by molar-refractivity contribution is 0.391. The minimum absolute atomic E-state index is 0.165. The predicted molar refractivity (Wildman–Crippen MR) is 82.3 cm³/mol. The van der Waals surface area contributed by atoms with Crippen molar-refractivity contribution in [1.29, 1.82) is 0 Å². The first kappa shape index (κ1) is 15.6. The van der Waals surface area contributed by atoms with Crippen molar-refractivity contribution in [1.82, 2.24) is 4.72 Å². The maximum atomic E-state index is 12.6. The highest BCUT2D eigenvalue weighted by Gasteiger charge is 2.31. The van der Waals surface area contributed by atoms with Crippen molar-refractivity contribution in [2.45, 2.75) is 37.1 Å². The van der Waals surface area contributed by atoms with Crippen LogP contribution in [0.4, 0.5) is 11.4 Å². The van der Waals surface area contributed by atoms with Gasteiger partial charge in [-0.05, 0) is 31.9 Å². The Balaban J connectivity index is 2.38. The number of nitrogens with one attached hydrogen (secondary N) is 1. The van der Waals surface area contributed by atoms with Gasteiger partial charge in [-0.3, -0.25) is 0 Å². The average molecular weight is 334 g/mol. The van der Waals surface area contributed by atoms with E-state index in [-0.39, 0.29) is 4.90 Å². The summed E-state index contributed by atoms with van der Waals surface area (Å²) in [5.41, 5.74) is 0.439. The molecule has 1 N–H and O–H groups in total. The van der Waals surface area contributed by atoms with E-state index in [1.54, 1.807) is 18.2 Å². The summed E-state index contributed by atoms with van der Waals surface area (Å²) in [5.74, 6) is 0.398. The van der Waals surface area contributed by atoms with Crippen LogP contribution >= 0.6 is 11.6 Å². The molecule has 0 aliphatic carbocycles. The summed E-state index contributed by atoms with van der Waals surface area (Å²) in [6, 6.07) is 4.96. The van der Waals surface area contributed by atoms with Crippen molar-refractivity contribution in [3.05, 3.63) is 18.2 Å². The molecule has 5 nitrogen and oxygen atoms in total. The standard InChI is InChI=1S/C12H16ClN3O2S2/c1-3-12(2,7-8-13)16-20(17,18)10-6-4-5-9-11(10)15-19-14-9/h4-6,16H,3,7-8H2,1-2H3. The number of rotatable bonds is 6. The summed E-state index contributed by atoms with van der Waals surface area (Å²) >= 11 is 6.77. The summed E-state index contributed by atoms with van der Waals surface area (Å²) in [6.07, 6.45) is 1.22. The Hall–Kier alpha value is -0.760. The van der Waals surface area contributed by atoms with Gasteiger partial charge in [-0.25, -0.2) is 13.1 Å². The van der Waals surface area contributed by atoms with Crippen molar-refractivity contribution in [2.24, 2.45) is 8.73 Å². The van der Waals surface area contributed by atoms with Gasteiger partial charge in [0.1, 0.15) is 16.3 Å². The molecule has 1 aliphatic heterocycles. The zero-order valence-electron chi connectivity index (χ0n) is 11.3. The first-order valence-electron chi connectivity index (χ1n) is 6.23. The molecule has 110 valence electrons. The third-order valence-corrected chi connectivity index (χ3v) is 5.75. The van der Waals surface area contributed by atoms with Gasteiger partial charge in [0.05, 0.1) is 11.4 Å². The summed E-state index contributed by atoms with van der Waals surface area (Å²) in [4.78, 5) is 0.165. The zero-order chi connectivity index (χ0) is 14.8. The molecule has 8 heteroatoms. The quantitative estimate of drug-likeness (QED) is 0.822. The number of sulfonamides is 1. The predicted octanol–water partition coefficient (Wildman–Crippen LogP) is 3.49. The van der Waals surface area contributed by atoms with Gasteiger partial charge in [-0.2, -0.15) is 8.73 Å². The van der Waals surface area contributed by atoms with Gasteiger partial charge in [0, 0.05) is 11.4 Å². The molecule has 1 aromatic carbocycles. The number of benzene rings is 1. The molecule has 0 saturated carbocycles. The van der Waals surface area contributed by atoms with Crippen LogP contribution in [0.5, 0.6) is 0 Å². The van der Waals surface area contributed by atoms with Gasteiger partial charge in [-0.1, -0.05) is 13.0 Å². The van der Waals surface area contributed by atoms with Crippen LogP contribution < -0.4 is 4.72 Å². The molecule has 0 saturated heterocycles. The zero-order valence-corrected chi connectivity index (χ0v) is 13.6. The molecule has 1 aromatic rings. The highest BCUT2D eigenvalue weighted by Crippen LogP contribution is 2.37. The van der Waals surface area contributed by atoms with Gasteiger partial charge in [0.15, 0.2) is 0 Å². The first-order chi connectivity index (χ1) is 9.42. The second kappa shape index (κ2) is 5.93. The van der Waals surface area contributed by atoms with E-state index in [1.165, 1.54) is 0 Å². The number of hydrogen-bond acceptors (Lipinski definition) is 4. The van der Waals surface area contributed by atoms with Crippen LogP contribution in [0, 0.1) is 0 Å². The third kappa shape index (κ3) is 3.11. The van der Waals surface area contributed by atoms with Crippen LogP contribution in [0.3, 0.4) is 0 Å². The number of alkyl halides is 1. The molecule has 1 atom stereocenters. The third-order valence-electron chi connectivity index (χ3n) is 3.35. The van der Waals surface area contributed by atoms with Crippen LogP contribution in [0.15, 0.2) is 31.8 Å². The molecule has 1 unspecified atom stereocenters. The SMILES string of the molecule is CCC(C)(CCCl)NS(=O)(=O)c1cccc2c1N=S=N2. The highest BCUT2D eigenvalue weighted by atomic mass is 35.5. The number of nitrogens with zero attached hydrogens (tertiary/aromatic N) is 2. The Morgan fingerprint density at radius 3 is 2.80 bits per heavy atom. The molecule has 0 aromatic heterocycles. The summed E-state index contributed by atoms with van der Waals surface area (Å²) in [6.45, 7) is 3.78. The fourth-order valence-electron chi connectivity index (χ4n) is 1.89. The van der Waals surface area contributed by atoms with E-state index in [9.17, 15) is 8.42 Å². The molecule has 1 aliphatic rings. The van der Waals surface area contributed by atoms with E-state index in [1.807, 2.05) is 13.8 Å². The number of fused-ring (bicyclic) bond motifs is 1. The van der Waals surface area contributed by atoms with Gasteiger partial charge < -0.3 is 0 Å². The number of halogens is 1. The molecule has 2 rings (SSSR count). The maximum Gasteiger partial charge on any atom is 0.243 e. The molecule has 0 amide bonds. The Morgan fingerprint density at radius 1 is 1.40 bits per heavy atom. The fraction of sp³-hybridized carbons (Fsp3) is 0.500. The van der Waals surface area contributed by atoms with Gasteiger partial charge in [0.25, 0.3) is 0 Å². The Kier molecular flexibility index (Phi) is 4.63. The van der Waals surface area contributed by atoms with Crippen molar-refractivity contribution >= 4 is 44.4 Å². The lowest BCUT2D eigenvalue weighted by Gasteiger charge is -2.28. The van der Waals surface area contributed by atoms with E-state index in [0.717, 1.165) is 11.4 Å². The minimum atomic E-state index is -3.65. The fourth-order valence-corrected chi connectivity index (χ4v) is 4.58. The first-order valence-corrected chi connectivity index (χ1v) is 8.98. The summed E-state index contributed by atoms with van der Waals surface area (Å²) in [7, 11) is -3.65. The second-order valence-electron chi connectivity index (χ2n) is 4.85. The lowest BCUT2D eigenvalue weighted by atomic mass is 9.97. The van der Waals surface area contributed by atoms with Crippen LogP contribution in [-0.4, -0.2) is 19.8 Å². The second-order valence-corrected chi connectivity index (χ2v) is 7.40. The molecular formula is C12H16ClN3O2S2. The van der Waals surface area contributed by atoms with Crippen LogP contribution in [0.2, 0.25) is 0 Å². The van der Waals surface area contributed by atoms with Crippen molar-refractivity contribution in [3.63, 3.8) is 0 Å². The molecule has 20 heavy (non-hydrogen) atoms. The average Bonchev–Trinajstić information content (AvgIpc) is 2.86. The van der Waals surface area contributed by atoms with Crippen LogP contribution in [0.25, 0.3) is 0 Å². The van der Waals surface area contributed by atoms with Gasteiger partial charge in [-0.15, -0.1) is 11.6 Å². The molecule has 0 bridgehead atoms. The minimum Gasteiger partial charge on any atom is -0.207 e. The molecule has 0 radical (unpaired) electrons. The van der Waals surface area contributed by atoms with Crippen LogP contribution in [0.1, 0.15) is 26.7 Å². The van der Waals surface area contributed by atoms with E-state index in [0.29, 0.717) is 30.1 Å². The van der Waals surface area contributed by atoms with Crippen molar-refractivity contribution in [2.75, 3.05) is 5.88 Å². The summed E-state index contributed by atoms with van der Waals surface area (Å²) < 4.78 is 36.0. The Morgan fingerprint density at radius 2 is 2.15 bits per heavy atom. The van der Waals surface area contributed by atoms with Crippen molar-refractivity contribution in [3.8, 4) is 0 Å². The molecule has 0 fully saturated rings. The molecular weight excluding hydrogens is 318 g/mol. The normalized spacial score (nSPS) is 16.6. The maximum absolute atomic E-state index is 12.6. The van der Waals surface area contributed by atoms with E-state index < -0.39 is 15.6 Å².